The van der Waals surface area contributed by atoms with Crippen LogP contribution in [0.3, 0.4) is 0 Å². The van der Waals surface area contributed by atoms with Crippen LogP contribution in [0.5, 0.6) is 0 Å². The standard InChI is InChI=1S/C20H22N2O2/c1-14(2)22(18-12-13-18)20(24)16-8-10-17(11-9-16)21-19(23)15-6-4-3-5-7-15/h3-11,14,18H,12-13H2,1-2H3,(H,21,23). The lowest BCUT2D eigenvalue weighted by atomic mass is 10.1. The van der Waals surface area contributed by atoms with Crippen molar-refractivity contribution >= 4 is 17.5 Å². The van der Waals surface area contributed by atoms with E-state index in [0.29, 0.717) is 22.9 Å². The molecule has 0 unspecified atom stereocenters. The summed E-state index contributed by atoms with van der Waals surface area (Å²) in [6.45, 7) is 4.09. The zero-order valence-electron chi connectivity index (χ0n) is 14.0. The quantitative estimate of drug-likeness (QED) is 0.906. The number of hydrogen-bond donors (Lipinski definition) is 1. The van der Waals surface area contributed by atoms with Gasteiger partial charge in [0.25, 0.3) is 11.8 Å². The van der Waals surface area contributed by atoms with Crippen LogP contribution in [0.1, 0.15) is 47.4 Å². The first-order valence-corrected chi connectivity index (χ1v) is 8.35. The molecule has 1 aliphatic rings. The molecule has 2 amide bonds. The second-order valence-corrected chi connectivity index (χ2v) is 6.43. The van der Waals surface area contributed by atoms with Crippen LogP contribution in [0.2, 0.25) is 0 Å². The summed E-state index contributed by atoms with van der Waals surface area (Å²) in [5.74, 6) is -0.0927. The van der Waals surface area contributed by atoms with Gasteiger partial charge < -0.3 is 10.2 Å². The molecule has 0 atom stereocenters. The van der Waals surface area contributed by atoms with Gasteiger partial charge in [0.15, 0.2) is 0 Å². The number of nitrogens with zero attached hydrogens (tertiary/aromatic N) is 1. The minimum atomic E-state index is -0.156. The zero-order chi connectivity index (χ0) is 17.1. The van der Waals surface area contributed by atoms with E-state index in [-0.39, 0.29) is 17.9 Å². The summed E-state index contributed by atoms with van der Waals surface area (Å²) >= 11 is 0. The van der Waals surface area contributed by atoms with E-state index < -0.39 is 0 Å². The first kappa shape index (κ1) is 16.2. The van der Waals surface area contributed by atoms with Crippen molar-refractivity contribution < 1.29 is 9.59 Å². The molecule has 2 aromatic rings. The Morgan fingerprint density at radius 1 is 0.958 bits per heavy atom. The Balaban J connectivity index is 1.69. The molecule has 0 bridgehead atoms. The van der Waals surface area contributed by atoms with Crippen LogP contribution in [-0.4, -0.2) is 28.8 Å². The second kappa shape index (κ2) is 6.87. The highest BCUT2D eigenvalue weighted by atomic mass is 16.2. The molecule has 0 saturated heterocycles. The molecule has 0 aromatic heterocycles. The molecular weight excluding hydrogens is 300 g/mol. The van der Waals surface area contributed by atoms with E-state index in [4.69, 9.17) is 0 Å². The van der Waals surface area contributed by atoms with Crippen molar-refractivity contribution in [2.45, 2.75) is 38.8 Å². The molecule has 4 heteroatoms. The van der Waals surface area contributed by atoms with E-state index in [1.807, 2.05) is 36.9 Å². The average Bonchev–Trinajstić information content (AvgIpc) is 3.41. The van der Waals surface area contributed by atoms with Crippen molar-refractivity contribution in [3.05, 3.63) is 65.7 Å². The highest BCUT2D eigenvalue weighted by molar-refractivity contribution is 6.04. The Hall–Kier alpha value is -2.62. The molecule has 124 valence electrons. The SMILES string of the molecule is CC(C)N(C(=O)c1ccc(NC(=O)c2ccccc2)cc1)C1CC1. The third kappa shape index (κ3) is 3.65. The van der Waals surface area contributed by atoms with E-state index in [9.17, 15) is 9.59 Å². The van der Waals surface area contributed by atoms with Crippen molar-refractivity contribution in [3.63, 3.8) is 0 Å². The van der Waals surface area contributed by atoms with E-state index in [2.05, 4.69) is 5.32 Å². The van der Waals surface area contributed by atoms with Crippen LogP contribution in [0.4, 0.5) is 5.69 Å². The molecule has 4 nitrogen and oxygen atoms in total. The first-order chi connectivity index (χ1) is 11.6. The summed E-state index contributed by atoms with van der Waals surface area (Å²) < 4.78 is 0. The Morgan fingerprint density at radius 3 is 2.12 bits per heavy atom. The van der Waals surface area contributed by atoms with E-state index in [1.165, 1.54) is 0 Å². The number of carbonyl (C=O) groups excluding carboxylic acids is 2. The van der Waals surface area contributed by atoms with Crippen LogP contribution in [0.15, 0.2) is 54.6 Å². The third-order valence-electron chi connectivity index (χ3n) is 4.16. The molecule has 1 fully saturated rings. The largest absolute Gasteiger partial charge is 0.333 e. The van der Waals surface area contributed by atoms with Crippen LogP contribution in [-0.2, 0) is 0 Å². The molecule has 2 aromatic carbocycles. The number of amides is 2. The topological polar surface area (TPSA) is 49.4 Å². The molecule has 3 rings (SSSR count). The summed E-state index contributed by atoms with van der Waals surface area (Å²) in [5.41, 5.74) is 1.95. The Bertz CT molecular complexity index is 717. The average molecular weight is 322 g/mol. The maximum atomic E-state index is 12.7. The lowest BCUT2D eigenvalue weighted by molar-refractivity contribution is 0.0690. The Labute approximate surface area is 142 Å². The molecular formula is C20H22N2O2. The minimum absolute atomic E-state index is 0.0634. The van der Waals surface area contributed by atoms with Crippen molar-refractivity contribution in [3.8, 4) is 0 Å². The van der Waals surface area contributed by atoms with Gasteiger partial charge in [0.2, 0.25) is 0 Å². The van der Waals surface area contributed by atoms with Gasteiger partial charge in [-0.3, -0.25) is 9.59 Å². The predicted molar refractivity (Wildman–Crippen MR) is 95.2 cm³/mol. The fourth-order valence-electron chi connectivity index (χ4n) is 2.81. The van der Waals surface area contributed by atoms with Crippen molar-refractivity contribution in [1.29, 1.82) is 0 Å². The maximum Gasteiger partial charge on any atom is 0.255 e. The number of rotatable bonds is 5. The van der Waals surface area contributed by atoms with Crippen molar-refractivity contribution in [2.75, 3.05) is 5.32 Å². The van der Waals surface area contributed by atoms with Crippen LogP contribution >= 0.6 is 0 Å². The fourth-order valence-corrected chi connectivity index (χ4v) is 2.81. The van der Waals surface area contributed by atoms with Gasteiger partial charge in [-0.05, 0) is 63.1 Å². The second-order valence-electron chi connectivity index (χ2n) is 6.43. The number of carbonyl (C=O) groups is 2. The number of nitrogens with one attached hydrogen (secondary N) is 1. The molecule has 1 N–H and O–H groups in total. The van der Waals surface area contributed by atoms with E-state index >= 15 is 0 Å². The lowest BCUT2D eigenvalue weighted by Gasteiger charge is -2.26. The van der Waals surface area contributed by atoms with Crippen molar-refractivity contribution in [1.82, 2.24) is 4.90 Å². The molecule has 1 saturated carbocycles. The normalized spacial score (nSPS) is 13.6. The van der Waals surface area contributed by atoms with E-state index in [1.54, 1.807) is 36.4 Å². The van der Waals surface area contributed by atoms with Gasteiger partial charge in [0, 0.05) is 28.9 Å². The van der Waals surface area contributed by atoms with Gasteiger partial charge in [-0.15, -0.1) is 0 Å². The highest BCUT2D eigenvalue weighted by Crippen LogP contribution is 2.30. The summed E-state index contributed by atoms with van der Waals surface area (Å²) in [4.78, 5) is 26.8. The first-order valence-electron chi connectivity index (χ1n) is 8.35. The molecule has 0 radical (unpaired) electrons. The number of hydrogen-bond acceptors (Lipinski definition) is 2. The van der Waals surface area contributed by atoms with Gasteiger partial charge in [-0.2, -0.15) is 0 Å². The van der Waals surface area contributed by atoms with Crippen LogP contribution in [0.25, 0.3) is 0 Å². The zero-order valence-corrected chi connectivity index (χ0v) is 14.0. The van der Waals surface area contributed by atoms with Gasteiger partial charge in [0.05, 0.1) is 0 Å². The monoisotopic (exact) mass is 322 g/mol. The van der Waals surface area contributed by atoms with E-state index in [0.717, 1.165) is 12.8 Å². The summed E-state index contributed by atoms with van der Waals surface area (Å²) in [5, 5.41) is 2.85. The van der Waals surface area contributed by atoms with Crippen LogP contribution in [0, 0.1) is 0 Å². The smallest absolute Gasteiger partial charge is 0.255 e. The summed E-state index contributed by atoms with van der Waals surface area (Å²) in [6, 6.07) is 16.8. The van der Waals surface area contributed by atoms with Gasteiger partial charge >= 0.3 is 0 Å². The maximum absolute atomic E-state index is 12.7. The Morgan fingerprint density at radius 2 is 1.58 bits per heavy atom. The Kier molecular flexibility index (Phi) is 4.65. The molecule has 24 heavy (non-hydrogen) atoms. The third-order valence-corrected chi connectivity index (χ3v) is 4.16. The van der Waals surface area contributed by atoms with Crippen molar-refractivity contribution in [2.24, 2.45) is 0 Å². The predicted octanol–water partition coefficient (Wildman–Crippen LogP) is 3.95. The van der Waals surface area contributed by atoms with Gasteiger partial charge in [0.1, 0.15) is 0 Å². The summed E-state index contributed by atoms with van der Waals surface area (Å²) in [6.07, 6.45) is 2.18. The van der Waals surface area contributed by atoms with Gasteiger partial charge in [-0.25, -0.2) is 0 Å². The molecule has 1 aliphatic carbocycles. The number of benzene rings is 2. The molecule has 0 heterocycles. The molecule has 0 aliphatic heterocycles. The molecule has 0 spiro atoms. The minimum Gasteiger partial charge on any atom is -0.333 e. The summed E-state index contributed by atoms with van der Waals surface area (Å²) in [7, 11) is 0. The van der Waals surface area contributed by atoms with Crippen LogP contribution < -0.4 is 5.32 Å². The highest BCUT2D eigenvalue weighted by Gasteiger charge is 2.34. The fraction of sp³-hybridized carbons (Fsp3) is 0.300. The number of anilines is 1. The lowest BCUT2D eigenvalue weighted by Crippen LogP contribution is -2.38. The van der Waals surface area contributed by atoms with Gasteiger partial charge in [-0.1, -0.05) is 18.2 Å².